The maximum absolute atomic E-state index is 12.1. The second kappa shape index (κ2) is 4.53. The zero-order valence-corrected chi connectivity index (χ0v) is 9.85. The van der Waals surface area contributed by atoms with Gasteiger partial charge in [0.25, 0.3) is 6.43 Å². The van der Waals surface area contributed by atoms with E-state index in [1.54, 1.807) is 0 Å². The Morgan fingerprint density at radius 1 is 1.42 bits per heavy atom. The second-order valence-corrected chi connectivity index (χ2v) is 4.45. The molecular formula is C13H10F2N2O2. The van der Waals surface area contributed by atoms with Crippen LogP contribution in [0.4, 0.5) is 8.78 Å². The maximum Gasteiger partial charge on any atom is 0.296 e. The number of carbonyl (C=O) groups excluding carboxylic acids is 1. The van der Waals surface area contributed by atoms with Gasteiger partial charge in [0, 0.05) is 0 Å². The summed E-state index contributed by atoms with van der Waals surface area (Å²) in [6, 6.07) is 7.88. The number of aromatic nitrogens is 2. The van der Waals surface area contributed by atoms with Gasteiger partial charge in [-0.3, -0.25) is 4.79 Å². The van der Waals surface area contributed by atoms with Crippen LogP contribution in [0.1, 0.15) is 28.8 Å². The lowest BCUT2D eigenvalue weighted by Gasteiger charge is -2.27. The minimum atomic E-state index is -3.00. The van der Waals surface area contributed by atoms with Gasteiger partial charge < -0.3 is 4.52 Å². The fourth-order valence-corrected chi connectivity index (χ4v) is 2.20. The number of halogens is 2. The molecule has 0 spiro atoms. The van der Waals surface area contributed by atoms with E-state index in [0.717, 1.165) is 12.0 Å². The maximum atomic E-state index is 12.1. The Morgan fingerprint density at radius 2 is 2.21 bits per heavy atom. The number of fused-ring (bicyclic) bond motifs is 1. The second-order valence-electron chi connectivity index (χ2n) is 4.45. The van der Waals surface area contributed by atoms with Crippen molar-refractivity contribution in [3.63, 3.8) is 0 Å². The van der Waals surface area contributed by atoms with Crippen molar-refractivity contribution in [2.45, 2.75) is 25.2 Å². The normalized spacial score (nSPS) is 17.1. The van der Waals surface area contributed by atoms with Gasteiger partial charge in [0.1, 0.15) is 0 Å². The molecule has 2 aromatic rings. The molecule has 1 unspecified atom stereocenters. The van der Waals surface area contributed by atoms with Crippen LogP contribution in [0.5, 0.6) is 0 Å². The van der Waals surface area contributed by atoms with Gasteiger partial charge in [-0.1, -0.05) is 29.4 Å². The predicted molar refractivity (Wildman–Crippen MR) is 61.0 cm³/mol. The summed E-state index contributed by atoms with van der Waals surface area (Å²) in [4.78, 5) is 14.9. The van der Waals surface area contributed by atoms with Crippen LogP contribution < -0.4 is 0 Å². The first-order chi connectivity index (χ1) is 9.15. The third-order valence-corrected chi connectivity index (χ3v) is 3.22. The lowest BCUT2D eigenvalue weighted by molar-refractivity contribution is -0.129. The number of hydrogen-bond donors (Lipinski definition) is 0. The summed E-state index contributed by atoms with van der Waals surface area (Å²) in [6.45, 7) is 0. The van der Waals surface area contributed by atoms with Crippen LogP contribution in [-0.4, -0.2) is 22.3 Å². The summed E-state index contributed by atoms with van der Waals surface area (Å²) < 4.78 is 29.1. The highest BCUT2D eigenvalue weighted by molar-refractivity contribution is 5.82. The van der Waals surface area contributed by atoms with Gasteiger partial charge in [-0.15, -0.1) is 0 Å². The van der Waals surface area contributed by atoms with E-state index in [9.17, 15) is 13.6 Å². The first-order valence-electron chi connectivity index (χ1n) is 5.86. The van der Waals surface area contributed by atoms with Crippen LogP contribution in [-0.2, 0) is 17.6 Å². The smallest absolute Gasteiger partial charge is 0.296 e. The van der Waals surface area contributed by atoms with Crippen LogP contribution >= 0.6 is 0 Å². The minimum Gasteiger partial charge on any atom is -0.339 e. The van der Waals surface area contributed by atoms with Crippen LogP contribution in [0.25, 0.3) is 0 Å². The summed E-state index contributed by atoms with van der Waals surface area (Å²) in [7, 11) is 0. The number of carbonyl (C=O) groups is 1. The van der Waals surface area contributed by atoms with Crippen molar-refractivity contribution in [1.29, 1.82) is 0 Å². The van der Waals surface area contributed by atoms with E-state index in [1.807, 2.05) is 24.3 Å². The van der Waals surface area contributed by atoms with Crippen LogP contribution in [0.15, 0.2) is 28.8 Å². The standard InChI is InChI=1S/C13H10F2N2O2/c14-12(15)10(18)6-11-16-13(17-19-11)9-5-7-3-1-2-4-8(7)9/h1-4,9,12H,5-6H2. The molecular weight excluding hydrogens is 254 g/mol. The van der Waals surface area contributed by atoms with E-state index in [1.165, 1.54) is 5.56 Å². The molecule has 19 heavy (non-hydrogen) atoms. The van der Waals surface area contributed by atoms with Crippen molar-refractivity contribution in [2.24, 2.45) is 0 Å². The number of nitrogens with zero attached hydrogens (tertiary/aromatic N) is 2. The number of Topliss-reactive ketones (excluding diaryl/α,β-unsaturated/α-hetero) is 1. The molecule has 1 heterocycles. The number of benzene rings is 1. The molecule has 0 aliphatic heterocycles. The van der Waals surface area contributed by atoms with E-state index in [4.69, 9.17) is 4.52 Å². The third kappa shape index (κ3) is 2.14. The molecule has 0 bridgehead atoms. The number of alkyl halides is 2. The molecule has 0 saturated heterocycles. The lowest BCUT2D eigenvalue weighted by Crippen LogP contribution is -2.19. The molecule has 0 N–H and O–H groups in total. The SMILES string of the molecule is O=C(Cc1nc(C2Cc3ccccc32)no1)C(F)F. The molecule has 0 radical (unpaired) electrons. The first kappa shape index (κ1) is 12.0. The van der Waals surface area contributed by atoms with Crippen molar-refractivity contribution in [3.05, 3.63) is 47.1 Å². The predicted octanol–water partition coefficient (Wildman–Crippen LogP) is 2.13. The first-order valence-corrected chi connectivity index (χ1v) is 5.86. The zero-order chi connectivity index (χ0) is 13.4. The highest BCUT2D eigenvalue weighted by Gasteiger charge is 2.31. The minimum absolute atomic E-state index is 0.0374. The molecule has 1 aliphatic carbocycles. The Kier molecular flexibility index (Phi) is 2.85. The molecule has 98 valence electrons. The Hall–Kier alpha value is -2.11. The van der Waals surface area contributed by atoms with Gasteiger partial charge in [-0.25, -0.2) is 8.78 Å². The number of ketones is 1. The van der Waals surface area contributed by atoms with Crippen molar-refractivity contribution < 1.29 is 18.1 Å². The summed E-state index contributed by atoms with van der Waals surface area (Å²) in [5.74, 6) is -0.764. The molecule has 1 aromatic carbocycles. The zero-order valence-electron chi connectivity index (χ0n) is 9.85. The largest absolute Gasteiger partial charge is 0.339 e. The highest BCUT2D eigenvalue weighted by atomic mass is 19.3. The Labute approximate surface area is 107 Å². The summed E-state index contributed by atoms with van der Waals surface area (Å²) >= 11 is 0. The quantitative estimate of drug-likeness (QED) is 0.848. The molecule has 4 nitrogen and oxygen atoms in total. The topological polar surface area (TPSA) is 56.0 Å². The molecule has 1 atom stereocenters. The van der Waals surface area contributed by atoms with E-state index in [0.29, 0.717) is 5.82 Å². The van der Waals surface area contributed by atoms with Crippen molar-refractivity contribution in [3.8, 4) is 0 Å². The molecule has 1 aliphatic rings. The number of rotatable bonds is 4. The van der Waals surface area contributed by atoms with Crippen LogP contribution in [0.3, 0.4) is 0 Å². The molecule has 1 aromatic heterocycles. The number of hydrogen-bond acceptors (Lipinski definition) is 4. The van der Waals surface area contributed by atoms with Gasteiger partial charge in [-0.05, 0) is 17.5 Å². The van der Waals surface area contributed by atoms with E-state index >= 15 is 0 Å². The fraction of sp³-hybridized carbons (Fsp3) is 0.308. The highest BCUT2D eigenvalue weighted by Crippen LogP contribution is 2.38. The molecule has 6 heteroatoms. The summed E-state index contributed by atoms with van der Waals surface area (Å²) in [6.07, 6.45) is -2.71. The van der Waals surface area contributed by atoms with E-state index < -0.39 is 18.6 Å². The fourth-order valence-electron chi connectivity index (χ4n) is 2.20. The van der Waals surface area contributed by atoms with Gasteiger partial charge in [0.05, 0.1) is 12.3 Å². The Morgan fingerprint density at radius 3 is 2.95 bits per heavy atom. The Balaban J connectivity index is 1.75. The van der Waals surface area contributed by atoms with Gasteiger partial charge in [0.15, 0.2) is 5.82 Å². The monoisotopic (exact) mass is 264 g/mol. The van der Waals surface area contributed by atoms with Crippen molar-refractivity contribution in [2.75, 3.05) is 0 Å². The average Bonchev–Trinajstić information content (AvgIpc) is 2.79. The third-order valence-electron chi connectivity index (χ3n) is 3.22. The van der Waals surface area contributed by atoms with Gasteiger partial charge in [0.2, 0.25) is 11.7 Å². The molecule has 3 rings (SSSR count). The summed E-state index contributed by atoms with van der Waals surface area (Å²) in [5, 5.41) is 3.77. The summed E-state index contributed by atoms with van der Waals surface area (Å²) in [5.41, 5.74) is 2.34. The molecule has 0 fully saturated rings. The van der Waals surface area contributed by atoms with Crippen LogP contribution in [0, 0.1) is 0 Å². The van der Waals surface area contributed by atoms with E-state index in [2.05, 4.69) is 10.1 Å². The molecule has 0 saturated carbocycles. The molecule has 0 amide bonds. The van der Waals surface area contributed by atoms with E-state index in [-0.39, 0.29) is 11.8 Å². The lowest BCUT2D eigenvalue weighted by atomic mass is 9.77. The average molecular weight is 264 g/mol. The Bertz CT molecular complexity index is 625. The van der Waals surface area contributed by atoms with Crippen molar-refractivity contribution in [1.82, 2.24) is 10.1 Å². The van der Waals surface area contributed by atoms with Crippen molar-refractivity contribution >= 4 is 5.78 Å². The van der Waals surface area contributed by atoms with Crippen LogP contribution in [0.2, 0.25) is 0 Å². The van der Waals surface area contributed by atoms with Gasteiger partial charge >= 0.3 is 0 Å². The van der Waals surface area contributed by atoms with Gasteiger partial charge in [-0.2, -0.15) is 4.98 Å².